The Bertz CT molecular complexity index is 1470. The Balaban J connectivity index is 1.40. The molecule has 0 aliphatic carbocycles. The number of hydrogen-bond donors (Lipinski definition) is 1. The van der Waals surface area contributed by atoms with E-state index in [-0.39, 0.29) is 11.5 Å². The van der Waals surface area contributed by atoms with Crippen LogP contribution in [-0.2, 0) is 6.54 Å². The number of halogens is 1. The molecule has 0 amide bonds. The van der Waals surface area contributed by atoms with E-state index < -0.39 is 0 Å². The van der Waals surface area contributed by atoms with Gasteiger partial charge in [0.05, 0.1) is 16.6 Å². The lowest BCUT2D eigenvalue weighted by Crippen LogP contribution is -2.17. The summed E-state index contributed by atoms with van der Waals surface area (Å²) < 4.78 is 18.2. The summed E-state index contributed by atoms with van der Waals surface area (Å²) in [6, 6.07) is 22.3. The van der Waals surface area contributed by atoms with Gasteiger partial charge < -0.3 is 4.98 Å². The molecule has 8 heteroatoms. The lowest BCUT2D eigenvalue weighted by molar-refractivity contribution is 0.629. The lowest BCUT2D eigenvalue weighted by Gasteiger charge is -2.11. The molecule has 0 bridgehead atoms. The number of rotatable bonds is 7. The molecule has 2 aromatic heterocycles. The fourth-order valence-corrected chi connectivity index (χ4v) is 4.70. The van der Waals surface area contributed by atoms with Crippen LogP contribution in [0.25, 0.3) is 28.1 Å². The Hall–Kier alpha value is -3.65. The molecule has 0 fully saturated rings. The third-order valence-corrected chi connectivity index (χ3v) is 6.49. The predicted molar refractivity (Wildman–Crippen MR) is 129 cm³/mol. The Labute approximate surface area is 194 Å². The molecule has 33 heavy (non-hydrogen) atoms. The van der Waals surface area contributed by atoms with E-state index in [0.29, 0.717) is 23.1 Å². The number of benzene rings is 3. The van der Waals surface area contributed by atoms with Crippen LogP contribution < -0.4 is 5.69 Å². The van der Waals surface area contributed by atoms with E-state index in [1.54, 1.807) is 34.5 Å². The zero-order valence-corrected chi connectivity index (χ0v) is 18.8. The van der Waals surface area contributed by atoms with Gasteiger partial charge in [0.25, 0.3) is 0 Å². The van der Waals surface area contributed by atoms with Crippen molar-refractivity contribution in [3.63, 3.8) is 0 Å². The molecule has 2 heterocycles. The molecule has 0 unspecified atom stereocenters. The highest BCUT2D eigenvalue weighted by Crippen LogP contribution is 2.30. The van der Waals surface area contributed by atoms with Gasteiger partial charge in [0, 0.05) is 18.0 Å². The molecule has 0 atom stereocenters. The third kappa shape index (κ3) is 4.21. The van der Waals surface area contributed by atoms with E-state index in [4.69, 9.17) is 0 Å². The number of nitrogens with one attached hydrogen (secondary N) is 1. The molecule has 6 nitrogen and oxygen atoms in total. The zero-order valence-electron chi connectivity index (χ0n) is 18.0. The van der Waals surface area contributed by atoms with Crippen LogP contribution >= 0.6 is 11.8 Å². The quantitative estimate of drug-likeness (QED) is 0.268. The largest absolute Gasteiger partial charge is 0.326 e. The number of thioether (sulfide) groups is 1. The van der Waals surface area contributed by atoms with Gasteiger partial charge in [-0.2, -0.15) is 0 Å². The van der Waals surface area contributed by atoms with E-state index in [1.165, 1.54) is 6.07 Å². The van der Waals surface area contributed by atoms with Crippen molar-refractivity contribution in [2.75, 3.05) is 5.75 Å². The molecule has 5 aromatic rings. The summed E-state index contributed by atoms with van der Waals surface area (Å²) >= 11 is 1.54. The second-order valence-corrected chi connectivity index (χ2v) is 8.82. The third-order valence-electron chi connectivity index (χ3n) is 5.48. The van der Waals surface area contributed by atoms with E-state index in [1.807, 2.05) is 60.0 Å². The van der Waals surface area contributed by atoms with Crippen molar-refractivity contribution in [1.82, 2.24) is 24.3 Å². The van der Waals surface area contributed by atoms with Gasteiger partial charge in [-0.15, -0.1) is 10.2 Å². The second kappa shape index (κ2) is 9.07. The summed E-state index contributed by atoms with van der Waals surface area (Å²) in [7, 11) is 0. The van der Waals surface area contributed by atoms with Gasteiger partial charge in [0.1, 0.15) is 5.82 Å². The maximum absolute atomic E-state index is 14.6. The maximum atomic E-state index is 14.6. The summed E-state index contributed by atoms with van der Waals surface area (Å²) in [6.07, 6.45) is 0.766. The van der Waals surface area contributed by atoms with Crippen LogP contribution in [0, 0.1) is 12.7 Å². The fourth-order valence-electron chi connectivity index (χ4n) is 3.82. The first-order valence-electron chi connectivity index (χ1n) is 10.7. The Morgan fingerprint density at radius 1 is 0.970 bits per heavy atom. The van der Waals surface area contributed by atoms with Crippen LogP contribution in [0.4, 0.5) is 4.39 Å². The minimum Gasteiger partial charge on any atom is -0.306 e. The molecule has 0 spiro atoms. The predicted octanol–water partition coefficient (Wildman–Crippen LogP) is 5.21. The number of aryl methyl sites for hydroxylation is 2. The van der Waals surface area contributed by atoms with Crippen molar-refractivity contribution < 1.29 is 4.39 Å². The molecule has 166 valence electrons. The van der Waals surface area contributed by atoms with Crippen LogP contribution in [0.5, 0.6) is 0 Å². The molecule has 1 N–H and O–H groups in total. The summed E-state index contributed by atoms with van der Waals surface area (Å²) in [6.45, 7) is 2.62. The van der Waals surface area contributed by atoms with Crippen molar-refractivity contribution >= 4 is 22.8 Å². The Kier molecular flexibility index (Phi) is 5.83. The first kappa shape index (κ1) is 21.2. The smallest absolute Gasteiger partial charge is 0.306 e. The average Bonchev–Trinajstić information content (AvgIpc) is 3.38. The molecular weight excluding hydrogens is 437 g/mol. The summed E-state index contributed by atoms with van der Waals surface area (Å²) in [5, 5.41) is 9.37. The van der Waals surface area contributed by atoms with Crippen molar-refractivity contribution in [2.45, 2.75) is 25.0 Å². The minimum absolute atomic E-state index is 0.106. The highest BCUT2D eigenvalue weighted by molar-refractivity contribution is 7.99. The van der Waals surface area contributed by atoms with Crippen LogP contribution in [-0.4, -0.2) is 30.1 Å². The number of fused-ring (bicyclic) bond motifs is 1. The van der Waals surface area contributed by atoms with Gasteiger partial charge in [-0.3, -0.25) is 9.13 Å². The molecule has 0 aliphatic rings. The number of aromatic nitrogens is 5. The van der Waals surface area contributed by atoms with E-state index >= 15 is 0 Å². The SMILES string of the molecule is Cc1ccc(-n2c(SCCCn3c(=O)[nH]c4ccccc43)nnc2-c2ccccc2F)cc1. The van der Waals surface area contributed by atoms with Crippen molar-refractivity contribution in [3.05, 3.63) is 94.7 Å². The first-order chi connectivity index (χ1) is 16.1. The number of nitrogens with zero attached hydrogens (tertiary/aromatic N) is 4. The lowest BCUT2D eigenvalue weighted by atomic mass is 10.2. The van der Waals surface area contributed by atoms with Crippen LogP contribution in [0.2, 0.25) is 0 Å². The molecular formula is C25H22FN5OS. The first-order valence-corrected chi connectivity index (χ1v) is 11.7. The number of imidazole rings is 1. The molecule has 0 saturated carbocycles. The van der Waals surface area contributed by atoms with E-state index in [0.717, 1.165) is 34.5 Å². The zero-order chi connectivity index (χ0) is 22.8. The Morgan fingerprint density at radius 2 is 1.73 bits per heavy atom. The van der Waals surface area contributed by atoms with Crippen molar-refractivity contribution in [1.29, 1.82) is 0 Å². The maximum Gasteiger partial charge on any atom is 0.326 e. The monoisotopic (exact) mass is 459 g/mol. The van der Waals surface area contributed by atoms with Gasteiger partial charge in [-0.1, -0.05) is 53.7 Å². The van der Waals surface area contributed by atoms with Gasteiger partial charge in [-0.25, -0.2) is 9.18 Å². The average molecular weight is 460 g/mol. The highest BCUT2D eigenvalue weighted by atomic mass is 32.2. The normalized spacial score (nSPS) is 11.3. The van der Waals surface area contributed by atoms with Gasteiger partial charge in [-0.05, 0) is 49.7 Å². The van der Waals surface area contributed by atoms with E-state index in [9.17, 15) is 9.18 Å². The molecule has 3 aromatic carbocycles. The van der Waals surface area contributed by atoms with Crippen LogP contribution in [0.15, 0.2) is 82.7 Å². The second-order valence-electron chi connectivity index (χ2n) is 7.76. The number of hydrogen-bond acceptors (Lipinski definition) is 4. The summed E-state index contributed by atoms with van der Waals surface area (Å²) in [5.41, 5.74) is 4.05. The van der Waals surface area contributed by atoms with Gasteiger partial charge in [0.2, 0.25) is 0 Å². The number of para-hydroxylation sites is 2. The fraction of sp³-hybridized carbons (Fsp3) is 0.160. The molecule has 0 aliphatic heterocycles. The van der Waals surface area contributed by atoms with Crippen molar-refractivity contribution in [3.8, 4) is 17.1 Å². The summed E-state index contributed by atoms with van der Waals surface area (Å²) in [5.74, 6) is 0.855. The topological polar surface area (TPSA) is 68.5 Å². The number of aromatic amines is 1. The Morgan fingerprint density at radius 3 is 2.55 bits per heavy atom. The molecule has 0 saturated heterocycles. The molecule has 5 rings (SSSR count). The van der Waals surface area contributed by atoms with Gasteiger partial charge in [0.15, 0.2) is 11.0 Å². The summed E-state index contributed by atoms with van der Waals surface area (Å²) in [4.78, 5) is 15.2. The minimum atomic E-state index is -0.339. The van der Waals surface area contributed by atoms with Gasteiger partial charge >= 0.3 is 5.69 Å². The van der Waals surface area contributed by atoms with Crippen molar-refractivity contribution in [2.24, 2.45) is 0 Å². The standard InChI is InChI=1S/C25H22FN5OS/c1-17-11-13-18(14-12-17)31-23(19-7-2-3-8-20(19)26)28-29-25(31)33-16-6-15-30-22-10-5-4-9-21(22)27-24(30)32/h2-5,7-14H,6,15-16H2,1H3,(H,27,32). The number of H-pyrrole nitrogens is 1. The van der Waals surface area contributed by atoms with Crippen LogP contribution in [0.1, 0.15) is 12.0 Å². The highest BCUT2D eigenvalue weighted by Gasteiger charge is 2.18. The van der Waals surface area contributed by atoms with Crippen LogP contribution in [0.3, 0.4) is 0 Å². The molecule has 0 radical (unpaired) electrons. The van der Waals surface area contributed by atoms with E-state index in [2.05, 4.69) is 15.2 Å².